The van der Waals surface area contributed by atoms with Crippen molar-refractivity contribution in [1.29, 1.82) is 0 Å². The molecular weight excluding hydrogens is 258 g/mol. The van der Waals surface area contributed by atoms with Crippen LogP contribution in [0.25, 0.3) is 0 Å². The molecule has 0 bridgehead atoms. The Labute approximate surface area is 118 Å². The Morgan fingerprint density at radius 2 is 2.00 bits per heavy atom. The Balaban J connectivity index is 2.67. The van der Waals surface area contributed by atoms with Crippen LogP contribution in [0.4, 0.5) is 4.79 Å². The van der Waals surface area contributed by atoms with Gasteiger partial charge in [0.05, 0.1) is 0 Å². The molecule has 0 fully saturated rings. The number of carbonyl (C=O) groups is 2. The summed E-state index contributed by atoms with van der Waals surface area (Å²) in [6, 6.07) is 6.94. The summed E-state index contributed by atoms with van der Waals surface area (Å²) in [5.74, 6) is 0.149. The first-order valence-corrected chi connectivity index (χ1v) is 6.56. The number of amides is 3. The SMILES string of the molecule is CCNCc1ccccc1OC(C)C(=O)NC(=O)NC. The lowest BCUT2D eigenvalue weighted by Crippen LogP contribution is -2.44. The van der Waals surface area contributed by atoms with Crippen molar-refractivity contribution in [3.63, 3.8) is 0 Å². The molecule has 3 amide bonds. The highest BCUT2D eigenvalue weighted by atomic mass is 16.5. The fourth-order valence-electron chi connectivity index (χ4n) is 1.54. The van der Waals surface area contributed by atoms with Crippen LogP contribution in [0.15, 0.2) is 24.3 Å². The van der Waals surface area contributed by atoms with E-state index in [1.807, 2.05) is 25.1 Å². The van der Waals surface area contributed by atoms with E-state index >= 15 is 0 Å². The van der Waals surface area contributed by atoms with Gasteiger partial charge >= 0.3 is 6.03 Å². The van der Waals surface area contributed by atoms with Gasteiger partial charge in [-0.25, -0.2) is 4.79 Å². The van der Waals surface area contributed by atoms with Crippen LogP contribution < -0.4 is 20.7 Å². The Morgan fingerprint density at radius 1 is 1.30 bits per heavy atom. The molecule has 0 heterocycles. The maximum atomic E-state index is 11.7. The minimum Gasteiger partial charge on any atom is -0.481 e. The van der Waals surface area contributed by atoms with Crippen molar-refractivity contribution >= 4 is 11.9 Å². The molecule has 0 saturated heterocycles. The molecule has 1 unspecified atom stereocenters. The van der Waals surface area contributed by atoms with Crippen LogP contribution >= 0.6 is 0 Å². The fraction of sp³-hybridized carbons (Fsp3) is 0.429. The highest BCUT2D eigenvalue weighted by molar-refractivity contribution is 5.96. The lowest BCUT2D eigenvalue weighted by Gasteiger charge is -2.17. The minimum atomic E-state index is -0.755. The van der Waals surface area contributed by atoms with Gasteiger partial charge < -0.3 is 15.4 Å². The van der Waals surface area contributed by atoms with Crippen LogP contribution in [0.1, 0.15) is 19.4 Å². The highest BCUT2D eigenvalue weighted by Crippen LogP contribution is 2.19. The molecular formula is C14H21N3O3. The molecule has 0 aliphatic heterocycles. The molecule has 6 nitrogen and oxygen atoms in total. The smallest absolute Gasteiger partial charge is 0.321 e. The molecule has 0 aromatic heterocycles. The number of carbonyl (C=O) groups excluding carboxylic acids is 2. The van der Waals surface area contributed by atoms with Crippen molar-refractivity contribution < 1.29 is 14.3 Å². The average Bonchev–Trinajstić information content (AvgIpc) is 2.46. The van der Waals surface area contributed by atoms with E-state index in [0.717, 1.165) is 12.1 Å². The van der Waals surface area contributed by atoms with Crippen molar-refractivity contribution in [3.05, 3.63) is 29.8 Å². The Bertz CT molecular complexity index is 463. The number of hydrogen-bond acceptors (Lipinski definition) is 4. The second-order valence-electron chi connectivity index (χ2n) is 4.22. The Morgan fingerprint density at radius 3 is 2.65 bits per heavy atom. The monoisotopic (exact) mass is 279 g/mol. The average molecular weight is 279 g/mol. The van der Waals surface area contributed by atoms with Crippen molar-refractivity contribution in [2.45, 2.75) is 26.5 Å². The standard InChI is InChI=1S/C14H21N3O3/c1-4-16-9-11-7-5-6-8-12(11)20-10(2)13(18)17-14(19)15-3/h5-8,10,16H,4,9H2,1-3H3,(H2,15,17,18,19). The van der Waals surface area contributed by atoms with Gasteiger partial charge in [0.2, 0.25) is 0 Å². The van der Waals surface area contributed by atoms with Crippen LogP contribution in [0, 0.1) is 0 Å². The van der Waals surface area contributed by atoms with Crippen LogP contribution in [0.2, 0.25) is 0 Å². The zero-order chi connectivity index (χ0) is 15.0. The van der Waals surface area contributed by atoms with Crippen LogP contribution in [-0.2, 0) is 11.3 Å². The van der Waals surface area contributed by atoms with Gasteiger partial charge in [0.25, 0.3) is 5.91 Å². The van der Waals surface area contributed by atoms with Crippen molar-refractivity contribution in [2.24, 2.45) is 0 Å². The largest absolute Gasteiger partial charge is 0.481 e. The minimum absolute atomic E-state index is 0.484. The summed E-state index contributed by atoms with van der Waals surface area (Å²) in [6.45, 7) is 5.13. The van der Waals surface area contributed by atoms with Crippen molar-refractivity contribution in [2.75, 3.05) is 13.6 Å². The first kappa shape index (κ1) is 16.0. The number of imide groups is 1. The Hall–Kier alpha value is -2.08. The van der Waals surface area contributed by atoms with Crippen LogP contribution in [-0.4, -0.2) is 31.6 Å². The zero-order valence-electron chi connectivity index (χ0n) is 12.0. The molecule has 3 N–H and O–H groups in total. The highest BCUT2D eigenvalue weighted by Gasteiger charge is 2.17. The number of hydrogen-bond donors (Lipinski definition) is 3. The van der Waals surface area contributed by atoms with E-state index in [0.29, 0.717) is 12.3 Å². The zero-order valence-corrected chi connectivity index (χ0v) is 12.0. The van der Waals surface area contributed by atoms with E-state index in [1.165, 1.54) is 7.05 Å². The molecule has 20 heavy (non-hydrogen) atoms. The van der Waals surface area contributed by atoms with Gasteiger partial charge in [-0.05, 0) is 19.5 Å². The molecule has 0 spiro atoms. The third kappa shape index (κ3) is 4.89. The topological polar surface area (TPSA) is 79.5 Å². The van der Waals surface area contributed by atoms with Gasteiger partial charge in [0.15, 0.2) is 6.10 Å². The number of nitrogens with one attached hydrogen (secondary N) is 3. The van der Waals surface area contributed by atoms with Gasteiger partial charge in [0, 0.05) is 19.2 Å². The Kier molecular flexibility index (Phi) is 6.52. The number of rotatable bonds is 6. The van der Waals surface area contributed by atoms with Gasteiger partial charge in [-0.1, -0.05) is 25.1 Å². The van der Waals surface area contributed by atoms with Gasteiger partial charge in [-0.2, -0.15) is 0 Å². The predicted octanol–water partition coefficient (Wildman–Crippen LogP) is 1.02. The van der Waals surface area contributed by atoms with E-state index < -0.39 is 18.0 Å². The summed E-state index contributed by atoms with van der Waals surface area (Å²) >= 11 is 0. The van der Waals surface area contributed by atoms with Gasteiger partial charge in [-0.15, -0.1) is 0 Å². The molecule has 0 radical (unpaired) electrons. The van der Waals surface area contributed by atoms with E-state index in [2.05, 4.69) is 16.0 Å². The van der Waals surface area contributed by atoms with Gasteiger partial charge in [0.1, 0.15) is 5.75 Å². The summed E-state index contributed by atoms with van der Waals surface area (Å²) in [7, 11) is 1.44. The molecule has 110 valence electrons. The van der Waals surface area contributed by atoms with Crippen LogP contribution in [0.3, 0.4) is 0 Å². The fourth-order valence-corrected chi connectivity index (χ4v) is 1.54. The summed E-state index contributed by atoms with van der Waals surface area (Å²) in [4.78, 5) is 22.8. The molecule has 0 aliphatic carbocycles. The second kappa shape index (κ2) is 8.16. The number of para-hydroxylation sites is 1. The summed E-state index contributed by atoms with van der Waals surface area (Å²) < 4.78 is 5.62. The number of ether oxygens (including phenoxy) is 1. The first-order chi connectivity index (χ1) is 9.58. The maximum Gasteiger partial charge on any atom is 0.321 e. The molecule has 0 aliphatic rings. The maximum absolute atomic E-state index is 11.7. The third-order valence-corrected chi connectivity index (χ3v) is 2.67. The van der Waals surface area contributed by atoms with E-state index in [1.54, 1.807) is 13.0 Å². The molecule has 1 aromatic rings. The lowest BCUT2D eigenvalue weighted by atomic mass is 10.2. The third-order valence-electron chi connectivity index (χ3n) is 2.67. The molecule has 1 rings (SSSR count). The molecule has 1 atom stereocenters. The van der Waals surface area contributed by atoms with E-state index in [4.69, 9.17) is 4.74 Å². The molecule has 1 aromatic carbocycles. The van der Waals surface area contributed by atoms with Gasteiger partial charge in [-0.3, -0.25) is 10.1 Å². The summed E-state index contributed by atoms with van der Waals surface area (Å²) in [5.41, 5.74) is 0.967. The normalized spacial score (nSPS) is 11.6. The second-order valence-corrected chi connectivity index (χ2v) is 4.22. The molecule has 6 heteroatoms. The van der Waals surface area contributed by atoms with E-state index in [-0.39, 0.29) is 0 Å². The lowest BCUT2D eigenvalue weighted by molar-refractivity contribution is -0.126. The summed E-state index contributed by atoms with van der Waals surface area (Å²) in [5, 5.41) is 7.70. The van der Waals surface area contributed by atoms with Crippen molar-refractivity contribution in [3.8, 4) is 5.75 Å². The number of urea groups is 1. The molecule has 0 saturated carbocycles. The first-order valence-electron chi connectivity index (χ1n) is 6.56. The quantitative estimate of drug-likeness (QED) is 0.726. The summed E-state index contributed by atoms with van der Waals surface area (Å²) in [6.07, 6.45) is -0.755. The predicted molar refractivity (Wildman–Crippen MR) is 76.5 cm³/mol. The number of benzene rings is 1. The van der Waals surface area contributed by atoms with Crippen molar-refractivity contribution in [1.82, 2.24) is 16.0 Å². The van der Waals surface area contributed by atoms with E-state index in [9.17, 15) is 9.59 Å². The van der Waals surface area contributed by atoms with Crippen LogP contribution in [0.5, 0.6) is 5.75 Å².